The molecule has 0 spiro atoms. The van der Waals surface area contributed by atoms with Gasteiger partial charge >= 0.3 is 5.97 Å². The summed E-state index contributed by atoms with van der Waals surface area (Å²) in [5, 5.41) is 3.73. The lowest BCUT2D eigenvalue weighted by molar-refractivity contribution is -0.176. The molecule has 0 aromatic heterocycles. The number of hydrogen-bond acceptors (Lipinski definition) is 4. The molecule has 0 bridgehead atoms. The monoisotopic (exact) mass is 456 g/mol. The Kier molecular flexibility index (Phi) is 6.04. The highest BCUT2D eigenvalue weighted by atomic mass is 16.5. The minimum absolute atomic E-state index is 0.0486. The molecule has 0 aromatic rings. The van der Waals surface area contributed by atoms with Crippen LogP contribution in [0, 0.1) is 40.4 Å². The first-order valence-corrected chi connectivity index (χ1v) is 13.8. The van der Waals surface area contributed by atoms with Gasteiger partial charge in [0, 0.05) is 30.1 Å². The van der Waals surface area contributed by atoms with E-state index in [1.165, 1.54) is 44.9 Å². The van der Waals surface area contributed by atoms with Crippen molar-refractivity contribution in [2.75, 3.05) is 20.6 Å². The number of nitrogens with one attached hydrogen (secondary N) is 1. The predicted octanol–water partition coefficient (Wildman–Crippen LogP) is 5.43. The van der Waals surface area contributed by atoms with Gasteiger partial charge in [0.25, 0.3) is 0 Å². The molecule has 5 rings (SSSR count). The number of ether oxygens (including phenoxy) is 1. The molecule has 186 valence electrons. The average molecular weight is 457 g/mol. The van der Waals surface area contributed by atoms with Gasteiger partial charge in [-0.25, -0.2) is 4.79 Å². The summed E-state index contributed by atoms with van der Waals surface area (Å²) in [5.74, 6) is 3.82. The lowest BCUT2D eigenvalue weighted by atomic mass is 9.44. The largest absolute Gasteiger partial charge is 0.457 e. The Bertz CT molecular complexity index is 816. The summed E-state index contributed by atoms with van der Waals surface area (Å²) < 4.78 is 6.32. The summed E-state index contributed by atoms with van der Waals surface area (Å²) in [7, 11) is 4.53. The molecule has 10 unspecified atom stereocenters. The summed E-state index contributed by atoms with van der Waals surface area (Å²) in [6.07, 6.45) is 10.6. The van der Waals surface area contributed by atoms with E-state index in [-0.39, 0.29) is 12.1 Å². The fraction of sp³-hybridized carbons (Fsp3) is 0.897. The Morgan fingerprint density at radius 2 is 1.64 bits per heavy atom. The third-order valence-electron chi connectivity index (χ3n) is 11.8. The molecular weight excluding hydrogens is 408 g/mol. The second-order valence-electron chi connectivity index (χ2n) is 13.4. The van der Waals surface area contributed by atoms with Crippen molar-refractivity contribution < 1.29 is 9.53 Å². The number of esters is 1. The molecule has 0 radical (unpaired) electrons. The van der Waals surface area contributed by atoms with Crippen LogP contribution in [0.5, 0.6) is 0 Å². The Labute approximate surface area is 202 Å². The van der Waals surface area contributed by atoms with Crippen LogP contribution in [0.1, 0.15) is 86.0 Å². The van der Waals surface area contributed by atoms with Gasteiger partial charge in [-0.15, -0.1) is 0 Å². The van der Waals surface area contributed by atoms with Crippen molar-refractivity contribution in [1.82, 2.24) is 10.2 Å². The van der Waals surface area contributed by atoms with Crippen molar-refractivity contribution in [2.24, 2.45) is 40.4 Å². The Hall–Kier alpha value is -0.870. The zero-order valence-electron chi connectivity index (χ0n) is 22.2. The number of fused-ring (bicyclic) bond motifs is 7. The van der Waals surface area contributed by atoms with E-state index in [9.17, 15) is 4.79 Å². The van der Waals surface area contributed by atoms with Crippen LogP contribution in [0.3, 0.4) is 0 Å². The predicted molar refractivity (Wildman–Crippen MR) is 134 cm³/mol. The molecule has 5 fully saturated rings. The van der Waals surface area contributed by atoms with Crippen LogP contribution < -0.4 is 5.32 Å². The van der Waals surface area contributed by atoms with E-state index in [0.717, 1.165) is 41.2 Å². The molecule has 1 aliphatic heterocycles. The molecule has 4 aliphatic carbocycles. The average Bonchev–Trinajstić information content (AvgIpc) is 3.01. The van der Waals surface area contributed by atoms with Crippen LogP contribution >= 0.6 is 0 Å². The SMILES string of the molecule is CC(C)=C1CNC2CCC3(C)C4CCC5(C)C(CCC5C(C)N(C)C)C4CCC3C2OC1=O. The highest BCUT2D eigenvalue weighted by Crippen LogP contribution is 2.68. The topological polar surface area (TPSA) is 41.6 Å². The summed E-state index contributed by atoms with van der Waals surface area (Å²) in [5.41, 5.74) is 2.75. The maximum atomic E-state index is 13.0. The number of rotatable bonds is 2. The third kappa shape index (κ3) is 3.56. The van der Waals surface area contributed by atoms with Gasteiger partial charge in [-0.3, -0.25) is 0 Å². The summed E-state index contributed by atoms with van der Waals surface area (Å²) >= 11 is 0. The first-order chi connectivity index (χ1) is 15.6. The number of nitrogens with zero attached hydrogens (tertiary/aromatic N) is 1. The Morgan fingerprint density at radius 3 is 2.33 bits per heavy atom. The second kappa shape index (κ2) is 8.36. The number of hydrogen-bond donors (Lipinski definition) is 1. The molecule has 1 heterocycles. The lowest BCUT2D eigenvalue weighted by Gasteiger charge is -2.62. The first-order valence-electron chi connectivity index (χ1n) is 13.8. The van der Waals surface area contributed by atoms with E-state index in [1.807, 2.05) is 13.8 Å². The van der Waals surface area contributed by atoms with Gasteiger partial charge in [0.15, 0.2) is 0 Å². The van der Waals surface area contributed by atoms with E-state index in [2.05, 4.69) is 45.1 Å². The lowest BCUT2D eigenvalue weighted by Crippen LogP contribution is -2.61. The van der Waals surface area contributed by atoms with Gasteiger partial charge in [0.2, 0.25) is 0 Å². The number of carbonyl (C=O) groups excluding carboxylic acids is 1. The maximum Gasteiger partial charge on any atom is 0.335 e. The molecule has 5 aliphatic rings. The molecule has 1 N–H and O–H groups in total. The van der Waals surface area contributed by atoms with Crippen LogP contribution in [-0.2, 0) is 9.53 Å². The van der Waals surface area contributed by atoms with Gasteiger partial charge in [-0.1, -0.05) is 19.4 Å². The normalized spacial score (nSPS) is 48.2. The van der Waals surface area contributed by atoms with E-state index in [0.29, 0.717) is 35.4 Å². The standard InChI is InChI=1S/C29H48N2O2/c1-17(2)20-16-30-25-13-15-29(5)23-12-14-28(4)21(18(3)31(6)7)10-11-22(28)19(23)8-9-24(29)26(25)33-27(20)32/h18-19,21-26,30H,8-16H2,1-7H3. The van der Waals surface area contributed by atoms with Crippen molar-refractivity contribution in [3.8, 4) is 0 Å². The summed E-state index contributed by atoms with van der Waals surface area (Å²) in [6, 6.07) is 0.991. The van der Waals surface area contributed by atoms with Gasteiger partial charge in [-0.05, 0) is 121 Å². The molecule has 10 atom stereocenters. The number of carbonyl (C=O) groups is 1. The highest BCUT2D eigenvalue weighted by molar-refractivity contribution is 5.90. The van der Waals surface area contributed by atoms with Crippen molar-refractivity contribution in [1.29, 1.82) is 0 Å². The fourth-order valence-electron chi connectivity index (χ4n) is 9.76. The van der Waals surface area contributed by atoms with Crippen LogP contribution in [0.4, 0.5) is 0 Å². The van der Waals surface area contributed by atoms with E-state index in [1.54, 1.807) is 0 Å². The zero-order chi connectivity index (χ0) is 23.7. The van der Waals surface area contributed by atoms with Gasteiger partial charge in [0.05, 0.1) is 0 Å². The van der Waals surface area contributed by atoms with Crippen molar-refractivity contribution in [3.63, 3.8) is 0 Å². The fourth-order valence-corrected chi connectivity index (χ4v) is 9.76. The van der Waals surface area contributed by atoms with E-state index in [4.69, 9.17) is 4.74 Å². The quantitative estimate of drug-likeness (QED) is 0.445. The smallest absolute Gasteiger partial charge is 0.335 e. The highest BCUT2D eigenvalue weighted by Gasteiger charge is 2.63. The van der Waals surface area contributed by atoms with Crippen LogP contribution in [0.2, 0.25) is 0 Å². The molecule has 0 aromatic carbocycles. The molecule has 33 heavy (non-hydrogen) atoms. The molecule has 4 heteroatoms. The first kappa shape index (κ1) is 23.9. The molecule has 0 amide bonds. The van der Waals surface area contributed by atoms with Crippen molar-refractivity contribution >= 4 is 5.97 Å². The van der Waals surface area contributed by atoms with Crippen molar-refractivity contribution in [3.05, 3.63) is 11.1 Å². The Balaban J connectivity index is 1.39. The van der Waals surface area contributed by atoms with Gasteiger partial charge in [-0.2, -0.15) is 0 Å². The van der Waals surface area contributed by atoms with Gasteiger partial charge < -0.3 is 15.0 Å². The molecule has 4 nitrogen and oxygen atoms in total. The van der Waals surface area contributed by atoms with Gasteiger partial charge in [0.1, 0.15) is 6.10 Å². The van der Waals surface area contributed by atoms with E-state index >= 15 is 0 Å². The minimum Gasteiger partial charge on any atom is -0.457 e. The minimum atomic E-state index is -0.0612. The van der Waals surface area contributed by atoms with Crippen LogP contribution in [0.25, 0.3) is 0 Å². The Morgan fingerprint density at radius 1 is 0.970 bits per heavy atom. The van der Waals surface area contributed by atoms with Crippen LogP contribution in [0.15, 0.2) is 11.1 Å². The molecular formula is C29H48N2O2. The zero-order valence-corrected chi connectivity index (χ0v) is 22.2. The number of allylic oxidation sites excluding steroid dienone is 1. The second-order valence-corrected chi connectivity index (χ2v) is 13.4. The molecule has 4 saturated carbocycles. The van der Waals surface area contributed by atoms with Crippen molar-refractivity contribution in [2.45, 2.75) is 104 Å². The molecule has 1 saturated heterocycles. The summed E-state index contributed by atoms with van der Waals surface area (Å²) in [4.78, 5) is 15.5. The summed E-state index contributed by atoms with van der Waals surface area (Å²) in [6.45, 7) is 12.4. The van der Waals surface area contributed by atoms with Crippen LogP contribution in [-0.4, -0.2) is 49.7 Å². The third-order valence-corrected chi connectivity index (χ3v) is 11.8. The maximum absolute atomic E-state index is 13.0. The van der Waals surface area contributed by atoms with E-state index < -0.39 is 0 Å².